The van der Waals surface area contributed by atoms with E-state index in [-0.39, 0.29) is 30.6 Å². The van der Waals surface area contributed by atoms with Crippen molar-refractivity contribution in [2.45, 2.75) is 31.7 Å². The first-order valence-corrected chi connectivity index (χ1v) is 7.33. The fourth-order valence-corrected chi connectivity index (χ4v) is 2.13. The van der Waals surface area contributed by atoms with E-state index in [0.717, 1.165) is 28.6 Å². The third-order valence-electron chi connectivity index (χ3n) is 3.35. The van der Waals surface area contributed by atoms with E-state index in [9.17, 15) is 9.59 Å². The smallest absolute Gasteiger partial charge is 0.240 e. The van der Waals surface area contributed by atoms with Crippen LogP contribution in [0.25, 0.3) is 0 Å². The van der Waals surface area contributed by atoms with Crippen LogP contribution in [0.15, 0.2) is 22.7 Å². The monoisotopic (exact) mass is 375 g/mol. The molecule has 0 bridgehead atoms. The molecule has 2 amide bonds. The van der Waals surface area contributed by atoms with Gasteiger partial charge >= 0.3 is 0 Å². The molecule has 2 rings (SSSR count). The molecular weight excluding hydrogens is 358 g/mol. The number of amides is 2. The third-order valence-corrected chi connectivity index (χ3v) is 3.85. The summed E-state index contributed by atoms with van der Waals surface area (Å²) in [5, 5.41) is 5.52. The SMILES string of the molecule is Cc1ccc(Br)cc1NC(=O)CCNC(=O)C1(N)CC1.Cl. The van der Waals surface area contributed by atoms with Gasteiger partial charge in [-0.15, -0.1) is 12.4 Å². The van der Waals surface area contributed by atoms with E-state index in [2.05, 4.69) is 26.6 Å². The highest BCUT2D eigenvalue weighted by atomic mass is 79.9. The van der Waals surface area contributed by atoms with Crippen molar-refractivity contribution in [1.82, 2.24) is 5.32 Å². The van der Waals surface area contributed by atoms with E-state index in [1.165, 1.54) is 0 Å². The van der Waals surface area contributed by atoms with Crippen LogP contribution in [0.1, 0.15) is 24.8 Å². The molecule has 0 heterocycles. The lowest BCUT2D eigenvalue weighted by Gasteiger charge is -2.11. The Labute approximate surface area is 138 Å². The summed E-state index contributed by atoms with van der Waals surface area (Å²) in [7, 11) is 0. The molecule has 0 radical (unpaired) electrons. The van der Waals surface area contributed by atoms with Crippen molar-refractivity contribution in [3.8, 4) is 0 Å². The summed E-state index contributed by atoms with van der Waals surface area (Å²) in [6.07, 6.45) is 1.68. The van der Waals surface area contributed by atoms with Crippen LogP contribution in [0.3, 0.4) is 0 Å². The van der Waals surface area contributed by atoms with E-state index in [4.69, 9.17) is 5.73 Å². The van der Waals surface area contributed by atoms with Crippen molar-refractivity contribution in [3.05, 3.63) is 28.2 Å². The fraction of sp³-hybridized carbons (Fsp3) is 0.429. The Balaban J connectivity index is 0.00000220. The molecule has 1 fully saturated rings. The first-order valence-electron chi connectivity index (χ1n) is 6.54. The molecule has 0 spiro atoms. The van der Waals surface area contributed by atoms with Crippen LogP contribution < -0.4 is 16.4 Å². The summed E-state index contributed by atoms with van der Waals surface area (Å²) in [4.78, 5) is 23.4. The fourth-order valence-electron chi connectivity index (χ4n) is 1.77. The summed E-state index contributed by atoms with van der Waals surface area (Å²) in [6.45, 7) is 2.23. The molecule has 0 saturated heterocycles. The summed E-state index contributed by atoms with van der Waals surface area (Å²) in [5.74, 6) is -0.294. The molecule has 1 aliphatic rings. The summed E-state index contributed by atoms with van der Waals surface area (Å²) >= 11 is 3.36. The van der Waals surface area contributed by atoms with Gasteiger partial charge in [0, 0.05) is 23.1 Å². The van der Waals surface area contributed by atoms with Crippen molar-refractivity contribution in [2.24, 2.45) is 5.73 Å². The Morgan fingerprint density at radius 3 is 2.67 bits per heavy atom. The highest BCUT2D eigenvalue weighted by Gasteiger charge is 2.45. The average Bonchev–Trinajstić information content (AvgIpc) is 3.13. The highest BCUT2D eigenvalue weighted by Crippen LogP contribution is 2.31. The summed E-state index contributed by atoms with van der Waals surface area (Å²) < 4.78 is 0.908. The van der Waals surface area contributed by atoms with E-state index in [1.54, 1.807) is 0 Å². The Hall–Kier alpha value is -1.11. The molecule has 116 valence electrons. The maximum absolute atomic E-state index is 11.8. The predicted octanol–water partition coefficient (Wildman–Crippen LogP) is 2.12. The normalized spacial score (nSPS) is 14.8. The molecule has 1 saturated carbocycles. The molecule has 0 aromatic heterocycles. The molecule has 0 atom stereocenters. The lowest BCUT2D eigenvalue weighted by Crippen LogP contribution is -2.43. The number of hydrogen-bond donors (Lipinski definition) is 3. The van der Waals surface area contributed by atoms with Gasteiger partial charge < -0.3 is 16.4 Å². The number of rotatable bonds is 5. The number of halogens is 2. The number of carbonyl (C=O) groups excluding carboxylic acids is 2. The van der Waals surface area contributed by atoms with Crippen LogP contribution >= 0.6 is 28.3 Å². The van der Waals surface area contributed by atoms with Gasteiger partial charge in [-0.1, -0.05) is 22.0 Å². The molecular formula is C14H19BrClN3O2. The second kappa shape index (κ2) is 7.24. The number of aryl methyl sites for hydroxylation is 1. The second-order valence-electron chi connectivity index (χ2n) is 5.17. The third kappa shape index (κ3) is 4.98. The Bertz CT molecular complexity index is 547. The molecule has 1 aliphatic carbocycles. The molecule has 4 N–H and O–H groups in total. The quantitative estimate of drug-likeness (QED) is 0.736. The van der Waals surface area contributed by atoms with Crippen molar-refractivity contribution in [1.29, 1.82) is 0 Å². The number of nitrogens with two attached hydrogens (primary N) is 1. The van der Waals surface area contributed by atoms with E-state index in [1.807, 2.05) is 25.1 Å². The number of carbonyl (C=O) groups is 2. The van der Waals surface area contributed by atoms with Crippen molar-refractivity contribution >= 4 is 45.8 Å². The van der Waals surface area contributed by atoms with Crippen LogP contribution in [0.4, 0.5) is 5.69 Å². The second-order valence-corrected chi connectivity index (χ2v) is 6.09. The van der Waals surface area contributed by atoms with Gasteiger partial charge in [0.15, 0.2) is 0 Å². The average molecular weight is 377 g/mol. The standard InChI is InChI=1S/C14H18BrN3O2.ClH/c1-9-2-3-10(15)8-11(9)18-12(19)4-7-17-13(20)14(16)5-6-14;/h2-3,8H,4-7,16H2,1H3,(H,17,20)(H,18,19);1H. The molecule has 7 heteroatoms. The van der Waals surface area contributed by atoms with E-state index >= 15 is 0 Å². The topological polar surface area (TPSA) is 84.2 Å². The van der Waals surface area contributed by atoms with Gasteiger partial charge in [0.25, 0.3) is 0 Å². The first kappa shape index (κ1) is 17.9. The first-order chi connectivity index (χ1) is 9.40. The number of hydrogen-bond acceptors (Lipinski definition) is 3. The minimum atomic E-state index is -0.683. The van der Waals surface area contributed by atoms with Crippen LogP contribution in [0.5, 0.6) is 0 Å². The van der Waals surface area contributed by atoms with Gasteiger partial charge in [-0.05, 0) is 37.5 Å². The van der Waals surface area contributed by atoms with Crippen LogP contribution in [0.2, 0.25) is 0 Å². The van der Waals surface area contributed by atoms with Gasteiger partial charge in [-0.3, -0.25) is 9.59 Å². The Kier molecular flexibility index (Phi) is 6.19. The largest absolute Gasteiger partial charge is 0.354 e. The predicted molar refractivity (Wildman–Crippen MR) is 88.5 cm³/mol. The minimum absolute atomic E-state index is 0. The molecule has 5 nitrogen and oxygen atoms in total. The maximum Gasteiger partial charge on any atom is 0.240 e. The van der Waals surface area contributed by atoms with Gasteiger partial charge in [0.05, 0.1) is 5.54 Å². The number of benzene rings is 1. The summed E-state index contributed by atoms with van der Waals surface area (Å²) in [6, 6.07) is 5.69. The van der Waals surface area contributed by atoms with E-state index < -0.39 is 5.54 Å². The Morgan fingerprint density at radius 1 is 1.38 bits per heavy atom. The number of anilines is 1. The minimum Gasteiger partial charge on any atom is -0.354 e. The zero-order valence-corrected chi connectivity index (χ0v) is 14.1. The molecule has 1 aromatic carbocycles. The zero-order valence-electron chi connectivity index (χ0n) is 11.7. The number of nitrogens with one attached hydrogen (secondary N) is 2. The van der Waals surface area contributed by atoms with Crippen LogP contribution in [-0.4, -0.2) is 23.9 Å². The van der Waals surface area contributed by atoms with Crippen molar-refractivity contribution in [3.63, 3.8) is 0 Å². The summed E-state index contributed by atoms with van der Waals surface area (Å²) in [5.41, 5.74) is 6.83. The van der Waals surface area contributed by atoms with Crippen LogP contribution in [0, 0.1) is 6.92 Å². The lowest BCUT2D eigenvalue weighted by molar-refractivity contribution is -0.123. The molecule has 21 heavy (non-hydrogen) atoms. The van der Waals surface area contributed by atoms with Crippen molar-refractivity contribution < 1.29 is 9.59 Å². The van der Waals surface area contributed by atoms with Gasteiger partial charge in [-0.25, -0.2) is 0 Å². The van der Waals surface area contributed by atoms with Crippen molar-refractivity contribution in [2.75, 3.05) is 11.9 Å². The molecule has 0 aliphatic heterocycles. The zero-order chi connectivity index (χ0) is 14.8. The van der Waals surface area contributed by atoms with Gasteiger partial charge in [0.1, 0.15) is 0 Å². The van der Waals surface area contributed by atoms with Crippen LogP contribution in [-0.2, 0) is 9.59 Å². The molecule has 0 unspecified atom stereocenters. The lowest BCUT2D eigenvalue weighted by atomic mass is 10.2. The molecule has 1 aromatic rings. The van der Waals surface area contributed by atoms with Gasteiger partial charge in [-0.2, -0.15) is 0 Å². The maximum atomic E-state index is 11.8. The van der Waals surface area contributed by atoms with Gasteiger partial charge in [0.2, 0.25) is 11.8 Å². The van der Waals surface area contributed by atoms with E-state index in [0.29, 0.717) is 6.54 Å². The Morgan fingerprint density at radius 2 is 2.05 bits per heavy atom. The highest BCUT2D eigenvalue weighted by molar-refractivity contribution is 9.10.